The lowest BCUT2D eigenvalue weighted by atomic mass is 9.83. The van der Waals surface area contributed by atoms with E-state index in [4.69, 9.17) is 23.0 Å². The van der Waals surface area contributed by atoms with Gasteiger partial charge in [0.1, 0.15) is 22.7 Å². The van der Waals surface area contributed by atoms with Crippen LogP contribution in [0, 0.1) is 0 Å². The van der Waals surface area contributed by atoms with Crippen LogP contribution in [0.5, 0.6) is 23.0 Å². The summed E-state index contributed by atoms with van der Waals surface area (Å²) in [5.41, 5.74) is 0.690. The fourth-order valence-electron chi connectivity index (χ4n) is 4.60. The smallest absolute Gasteiger partial charge is 0.344 e. The van der Waals surface area contributed by atoms with E-state index in [-0.39, 0.29) is 11.1 Å². The zero-order valence-electron chi connectivity index (χ0n) is 18.3. The molecule has 1 aliphatic heterocycles. The topological polar surface area (TPSA) is 88.1 Å². The molecule has 0 bridgehead atoms. The molecule has 0 fully saturated rings. The molecule has 7 heteroatoms. The van der Waals surface area contributed by atoms with Crippen LogP contribution >= 0.6 is 0 Å². The predicted octanol–water partition coefficient (Wildman–Crippen LogP) is 5.20. The van der Waals surface area contributed by atoms with Crippen molar-refractivity contribution in [3.8, 4) is 23.0 Å². The SMILES string of the molecule is COc1ccc(C2c3c(c4ccccc4oc3=O)Oc3c2c(=O)oc2ccccc32)cc1OC. The molecule has 1 aliphatic rings. The summed E-state index contributed by atoms with van der Waals surface area (Å²) in [6, 6.07) is 19.6. The monoisotopic (exact) mass is 454 g/mol. The molecule has 0 unspecified atom stereocenters. The molecule has 6 rings (SSSR count). The van der Waals surface area contributed by atoms with E-state index < -0.39 is 17.2 Å². The number of benzene rings is 3. The van der Waals surface area contributed by atoms with Gasteiger partial charge in [-0.25, -0.2) is 9.59 Å². The Hall–Kier alpha value is -4.52. The molecule has 0 saturated carbocycles. The highest BCUT2D eigenvalue weighted by atomic mass is 16.5. The van der Waals surface area contributed by atoms with Crippen molar-refractivity contribution in [2.75, 3.05) is 14.2 Å². The summed E-state index contributed by atoms with van der Waals surface area (Å²) in [7, 11) is 3.06. The molecule has 0 atom stereocenters. The van der Waals surface area contributed by atoms with Gasteiger partial charge in [0, 0.05) is 0 Å². The third-order valence-electron chi connectivity index (χ3n) is 6.12. The molecule has 0 aliphatic carbocycles. The maximum absolute atomic E-state index is 13.3. The predicted molar refractivity (Wildman–Crippen MR) is 126 cm³/mol. The second-order valence-electron chi connectivity index (χ2n) is 7.91. The first kappa shape index (κ1) is 20.1. The van der Waals surface area contributed by atoms with Crippen LogP contribution in [0.15, 0.2) is 85.2 Å². The quantitative estimate of drug-likeness (QED) is 0.340. The molecule has 168 valence electrons. The average molecular weight is 454 g/mol. The van der Waals surface area contributed by atoms with Crippen molar-refractivity contribution in [2.24, 2.45) is 0 Å². The van der Waals surface area contributed by atoms with Gasteiger partial charge in [-0.2, -0.15) is 0 Å². The molecule has 34 heavy (non-hydrogen) atoms. The van der Waals surface area contributed by atoms with Gasteiger partial charge in [0.05, 0.1) is 42.0 Å². The third kappa shape index (κ3) is 2.83. The van der Waals surface area contributed by atoms with E-state index in [0.29, 0.717) is 50.5 Å². The van der Waals surface area contributed by atoms with Gasteiger partial charge in [-0.1, -0.05) is 30.3 Å². The summed E-state index contributed by atoms with van der Waals surface area (Å²) in [5.74, 6) is 0.893. The summed E-state index contributed by atoms with van der Waals surface area (Å²) >= 11 is 0. The number of methoxy groups -OCH3 is 2. The van der Waals surface area contributed by atoms with E-state index in [9.17, 15) is 9.59 Å². The first-order chi connectivity index (χ1) is 16.6. The number of rotatable bonds is 3. The molecule has 0 N–H and O–H groups in total. The number of hydrogen-bond acceptors (Lipinski definition) is 7. The van der Waals surface area contributed by atoms with Gasteiger partial charge < -0.3 is 23.0 Å². The fourth-order valence-corrected chi connectivity index (χ4v) is 4.60. The summed E-state index contributed by atoms with van der Waals surface area (Å²) in [6.45, 7) is 0. The normalized spacial score (nSPS) is 12.8. The summed E-state index contributed by atoms with van der Waals surface area (Å²) in [6.07, 6.45) is 0. The Kier molecular flexibility index (Phi) is 4.45. The third-order valence-corrected chi connectivity index (χ3v) is 6.12. The molecular formula is C27H18O7. The van der Waals surface area contributed by atoms with Crippen molar-refractivity contribution >= 4 is 21.9 Å². The first-order valence-electron chi connectivity index (χ1n) is 10.6. The van der Waals surface area contributed by atoms with Gasteiger partial charge in [-0.3, -0.25) is 0 Å². The Balaban J connectivity index is 1.76. The molecule has 0 amide bonds. The molecule has 3 aromatic carbocycles. The highest BCUT2D eigenvalue weighted by Crippen LogP contribution is 2.50. The largest absolute Gasteiger partial charge is 0.493 e. The number of hydrogen-bond donors (Lipinski definition) is 0. The molecule has 0 spiro atoms. The van der Waals surface area contributed by atoms with E-state index in [1.807, 2.05) is 24.3 Å². The Morgan fingerprint density at radius 1 is 0.676 bits per heavy atom. The Morgan fingerprint density at radius 3 is 1.74 bits per heavy atom. The van der Waals surface area contributed by atoms with E-state index in [0.717, 1.165) is 0 Å². The van der Waals surface area contributed by atoms with Gasteiger partial charge in [0.2, 0.25) is 0 Å². The summed E-state index contributed by atoms with van der Waals surface area (Å²) in [4.78, 5) is 26.6. The summed E-state index contributed by atoms with van der Waals surface area (Å²) < 4.78 is 28.5. The van der Waals surface area contributed by atoms with Crippen LogP contribution in [0.3, 0.4) is 0 Å². The van der Waals surface area contributed by atoms with Gasteiger partial charge in [-0.15, -0.1) is 0 Å². The van der Waals surface area contributed by atoms with Gasteiger partial charge >= 0.3 is 11.3 Å². The lowest BCUT2D eigenvalue weighted by Crippen LogP contribution is -2.26. The van der Waals surface area contributed by atoms with E-state index >= 15 is 0 Å². The van der Waals surface area contributed by atoms with Crippen LogP contribution in [-0.4, -0.2) is 14.2 Å². The van der Waals surface area contributed by atoms with Crippen molar-refractivity contribution in [1.82, 2.24) is 0 Å². The van der Waals surface area contributed by atoms with Crippen LogP contribution in [0.1, 0.15) is 22.6 Å². The molecule has 7 nitrogen and oxygen atoms in total. The van der Waals surface area contributed by atoms with Gasteiger partial charge in [0.25, 0.3) is 0 Å². The average Bonchev–Trinajstić information content (AvgIpc) is 2.87. The van der Waals surface area contributed by atoms with E-state index in [1.165, 1.54) is 14.2 Å². The minimum Gasteiger partial charge on any atom is -0.493 e. The van der Waals surface area contributed by atoms with Crippen LogP contribution in [0.2, 0.25) is 0 Å². The minimum absolute atomic E-state index is 0.223. The molecule has 3 heterocycles. The zero-order chi connectivity index (χ0) is 23.4. The minimum atomic E-state index is -0.805. The van der Waals surface area contributed by atoms with E-state index in [2.05, 4.69) is 0 Å². The van der Waals surface area contributed by atoms with Gasteiger partial charge in [-0.05, 0) is 42.0 Å². The fraction of sp³-hybridized carbons (Fsp3) is 0.111. The van der Waals surface area contributed by atoms with Crippen molar-refractivity contribution < 1.29 is 23.0 Å². The van der Waals surface area contributed by atoms with Crippen molar-refractivity contribution in [3.63, 3.8) is 0 Å². The Morgan fingerprint density at radius 2 is 1.21 bits per heavy atom. The number of ether oxygens (including phenoxy) is 3. The maximum atomic E-state index is 13.3. The van der Waals surface area contributed by atoms with Gasteiger partial charge in [0.15, 0.2) is 11.5 Å². The highest BCUT2D eigenvalue weighted by molar-refractivity contribution is 5.90. The highest BCUT2D eigenvalue weighted by Gasteiger charge is 2.38. The Labute approximate surface area is 192 Å². The number of para-hydroxylation sites is 2. The first-order valence-corrected chi connectivity index (χ1v) is 10.6. The van der Waals surface area contributed by atoms with Crippen molar-refractivity contribution in [2.45, 2.75) is 5.92 Å². The second-order valence-corrected chi connectivity index (χ2v) is 7.91. The number of fused-ring (bicyclic) bond motifs is 6. The lowest BCUT2D eigenvalue weighted by molar-refractivity contribution is 0.354. The van der Waals surface area contributed by atoms with Crippen LogP contribution in [0.4, 0.5) is 0 Å². The van der Waals surface area contributed by atoms with Crippen molar-refractivity contribution in [1.29, 1.82) is 0 Å². The van der Waals surface area contributed by atoms with Crippen LogP contribution in [0.25, 0.3) is 21.9 Å². The molecule has 2 aromatic heterocycles. The molecule has 0 radical (unpaired) electrons. The molecular weight excluding hydrogens is 436 g/mol. The van der Waals surface area contributed by atoms with E-state index in [1.54, 1.807) is 42.5 Å². The molecule has 0 saturated heterocycles. The Bertz CT molecular complexity index is 1610. The zero-order valence-corrected chi connectivity index (χ0v) is 18.3. The standard InChI is InChI=1S/C27H18O7/c1-30-19-12-11-14(13-20(19)31-2)21-22-24(15-7-3-5-9-17(15)32-26(22)28)34-25-16-8-4-6-10-18(16)33-27(29)23(21)25/h3-13,21H,1-2H3. The van der Waals surface area contributed by atoms with Crippen molar-refractivity contribution in [3.05, 3.63) is 104 Å². The van der Waals surface area contributed by atoms with Crippen LogP contribution < -0.4 is 25.5 Å². The second kappa shape index (κ2) is 7.52. The lowest BCUT2D eigenvalue weighted by Gasteiger charge is -2.28. The maximum Gasteiger partial charge on any atom is 0.344 e. The summed E-state index contributed by atoms with van der Waals surface area (Å²) in [5, 5.41) is 1.26. The molecule has 5 aromatic rings. The van der Waals surface area contributed by atoms with Crippen LogP contribution in [-0.2, 0) is 0 Å².